The highest BCUT2D eigenvalue weighted by molar-refractivity contribution is 7.17. The smallest absolute Gasteiger partial charge is 0.263 e. The van der Waals surface area contributed by atoms with Crippen LogP contribution in [0.25, 0.3) is 10.6 Å². The molecule has 2 amide bonds. The van der Waals surface area contributed by atoms with E-state index in [2.05, 4.69) is 47.7 Å². The molecule has 0 saturated carbocycles. The molecule has 0 unspecified atom stereocenters. The molecule has 0 aliphatic heterocycles. The summed E-state index contributed by atoms with van der Waals surface area (Å²) in [5, 5.41) is 6.69. The third-order valence-electron chi connectivity index (χ3n) is 4.78. The molecule has 2 N–H and O–H groups in total. The molecule has 0 bridgehead atoms. The first-order valence-electron chi connectivity index (χ1n) is 10.1. The van der Waals surface area contributed by atoms with Crippen LogP contribution in [-0.4, -0.2) is 16.8 Å². The van der Waals surface area contributed by atoms with Crippen LogP contribution in [0.5, 0.6) is 0 Å². The summed E-state index contributed by atoms with van der Waals surface area (Å²) in [6.45, 7) is 8.38. The molecule has 30 heavy (non-hydrogen) atoms. The second kappa shape index (κ2) is 9.67. The van der Waals surface area contributed by atoms with E-state index in [9.17, 15) is 9.59 Å². The molecule has 3 aromatic rings. The molecule has 1 heterocycles. The number of anilines is 1. The Hall–Kier alpha value is -2.99. The summed E-state index contributed by atoms with van der Waals surface area (Å²) in [4.78, 5) is 29.6. The van der Waals surface area contributed by atoms with E-state index in [1.165, 1.54) is 16.9 Å². The Morgan fingerprint density at radius 1 is 1.03 bits per heavy atom. The molecule has 156 valence electrons. The van der Waals surface area contributed by atoms with Gasteiger partial charge < -0.3 is 10.6 Å². The third-order valence-corrected chi connectivity index (χ3v) is 5.97. The van der Waals surface area contributed by atoms with Crippen LogP contribution >= 0.6 is 11.3 Å². The lowest BCUT2D eigenvalue weighted by atomic mass is 10.1. The van der Waals surface area contributed by atoms with Crippen molar-refractivity contribution >= 4 is 28.8 Å². The molecular weight excluding hydrogens is 394 g/mol. The second-order valence-electron chi connectivity index (χ2n) is 7.43. The van der Waals surface area contributed by atoms with Gasteiger partial charge in [0.1, 0.15) is 9.88 Å². The van der Waals surface area contributed by atoms with E-state index in [1.807, 2.05) is 38.1 Å². The van der Waals surface area contributed by atoms with Gasteiger partial charge in [-0.05, 0) is 50.5 Å². The predicted octanol–water partition coefficient (Wildman–Crippen LogP) is 5.40. The molecule has 0 spiro atoms. The van der Waals surface area contributed by atoms with Crippen molar-refractivity contribution in [1.82, 2.24) is 10.3 Å². The lowest BCUT2D eigenvalue weighted by Crippen LogP contribution is -2.22. The van der Waals surface area contributed by atoms with Crippen molar-refractivity contribution in [2.45, 2.75) is 47.1 Å². The molecule has 0 fully saturated rings. The fourth-order valence-corrected chi connectivity index (χ4v) is 4.27. The van der Waals surface area contributed by atoms with Crippen molar-refractivity contribution in [3.63, 3.8) is 0 Å². The van der Waals surface area contributed by atoms with Gasteiger partial charge >= 0.3 is 0 Å². The second-order valence-corrected chi connectivity index (χ2v) is 8.43. The Morgan fingerprint density at radius 3 is 2.43 bits per heavy atom. The van der Waals surface area contributed by atoms with Gasteiger partial charge in [0.15, 0.2) is 0 Å². The van der Waals surface area contributed by atoms with Crippen LogP contribution in [0, 0.1) is 20.8 Å². The highest BCUT2D eigenvalue weighted by atomic mass is 32.1. The Bertz CT molecular complexity index is 1050. The van der Waals surface area contributed by atoms with E-state index in [0.717, 1.165) is 39.5 Å². The van der Waals surface area contributed by atoms with E-state index >= 15 is 0 Å². The fourth-order valence-electron chi connectivity index (χ4n) is 3.19. The molecule has 3 rings (SSSR count). The van der Waals surface area contributed by atoms with Crippen LogP contribution in [0.3, 0.4) is 0 Å². The topological polar surface area (TPSA) is 71.1 Å². The standard InChI is InChI=1S/C24H27N3O2S/c1-5-6-21(28)27-19-10-8-18(9-11-19)14-25-23(29)22-17(4)26-24(30-22)20-12-7-15(2)13-16(20)3/h7-13H,5-6,14H2,1-4H3,(H,25,29)(H,27,28). The molecule has 0 aliphatic carbocycles. The van der Waals surface area contributed by atoms with Crippen LogP contribution in [-0.2, 0) is 11.3 Å². The van der Waals surface area contributed by atoms with E-state index in [4.69, 9.17) is 0 Å². The minimum atomic E-state index is -0.124. The average Bonchev–Trinajstić information content (AvgIpc) is 3.09. The number of carbonyl (C=O) groups is 2. The lowest BCUT2D eigenvalue weighted by molar-refractivity contribution is -0.116. The van der Waals surface area contributed by atoms with Gasteiger partial charge in [0.25, 0.3) is 5.91 Å². The first kappa shape index (κ1) is 21.7. The number of thiazole rings is 1. The maximum absolute atomic E-state index is 12.7. The molecule has 0 atom stereocenters. The van der Waals surface area contributed by atoms with Crippen molar-refractivity contribution in [1.29, 1.82) is 0 Å². The number of nitrogens with zero attached hydrogens (tertiary/aromatic N) is 1. The molecule has 0 radical (unpaired) electrons. The van der Waals surface area contributed by atoms with Crippen molar-refractivity contribution in [3.05, 3.63) is 69.7 Å². The Morgan fingerprint density at radius 2 is 1.77 bits per heavy atom. The number of nitrogens with one attached hydrogen (secondary N) is 2. The van der Waals surface area contributed by atoms with E-state index in [1.54, 1.807) is 0 Å². The first-order chi connectivity index (χ1) is 14.4. The van der Waals surface area contributed by atoms with Crippen molar-refractivity contribution in [2.75, 3.05) is 5.32 Å². The third kappa shape index (κ3) is 5.33. The average molecular weight is 422 g/mol. The normalized spacial score (nSPS) is 10.7. The molecule has 6 heteroatoms. The monoisotopic (exact) mass is 421 g/mol. The maximum Gasteiger partial charge on any atom is 0.263 e. The predicted molar refractivity (Wildman–Crippen MR) is 123 cm³/mol. The van der Waals surface area contributed by atoms with Gasteiger partial charge in [-0.25, -0.2) is 4.98 Å². The zero-order chi connectivity index (χ0) is 21.7. The summed E-state index contributed by atoms with van der Waals surface area (Å²) < 4.78 is 0. The van der Waals surface area contributed by atoms with E-state index in [0.29, 0.717) is 17.8 Å². The Labute approximate surface area is 181 Å². The number of aryl methyl sites for hydroxylation is 3. The molecule has 1 aromatic heterocycles. The zero-order valence-corrected chi connectivity index (χ0v) is 18.7. The number of aromatic nitrogens is 1. The number of carbonyl (C=O) groups excluding carboxylic acids is 2. The quantitative estimate of drug-likeness (QED) is 0.536. The molecule has 2 aromatic carbocycles. The molecule has 0 aliphatic rings. The molecular formula is C24H27N3O2S. The van der Waals surface area contributed by atoms with Crippen molar-refractivity contribution in [2.24, 2.45) is 0 Å². The number of benzene rings is 2. The van der Waals surface area contributed by atoms with Crippen LogP contribution in [0.2, 0.25) is 0 Å². The zero-order valence-electron chi connectivity index (χ0n) is 17.8. The van der Waals surface area contributed by atoms with Crippen LogP contribution in [0.15, 0.2) is 42.5 Å². The van der Waals surface area contributed by atoms with Gasteiger partial charge in [0, 0.05) is 24.2 Å². The molecule has 5 nitrogen and oxygen atoms in total. The number of hydrogen-bond donors (Lipinski definition) is 2. The van der Waals surface area contributed by atoms with Gasteiger partial charge in [-0.2, -0.15) is 0 Å². The Kier molecular flexibility index (Phi) is 7.00. The van der Waals surface area contributed by atoms with Gasteiger partial charge in [-0.1, -0.05) is 42.8 Å². The minimum absolute atomic E-state index is 0.0128. The fraction of sp³-hybridized carbons (Fsp3) is 0.292. The van der Waals surface area contributed by atoms with Crippen LogP contribution in [0.1, 0.15) is 51.8 Å². The number of hydrogen-bond acceptors (Lipinski definition) is 4. The van der Waals surface area contributed by atoms with E-state index < -0.39 is 0 Å². The highest BCUT2D eigenvalue weighted by Gasteiger charge is 2.17. The SMILES string of the molecule is CCCC(=O)Nc1ccc(CNC(=O)c2sc(-c3ccc(C)cc3C)nc2C)cc1. The largest absolute Gasteiger partial charge is 0.347 e. The summed E-state index contributed by atoms with van der Waals surface area (Å²) in [5.74, 6) is -0.111. The van der Waals surface area contributed by atoms with Crippen LogP contribution in [0.4, 0.5) is 5.69 Å². The summed E-state index contributed by atoms with van der Waals surface area (Å²) in [6.07, 6.45) is 1.33. The molecule has 0 saturated heterocycles. The minimum Gasteiger partial charge on any atom is -0.347 e. The summed E-state index contributed by atoms with van der Waals surface area (Å²) in [6, 6.07) is 13.8. The van der Waals surface area contributed by atoms with Gasteiger partial charge in [0.05, 0.1) is 5.69 Å². The first-order valence-corrected chi connectivity index (χ1v) is 10.9. The lowest BCUT2D eigenvalue weighted by Gasteiger charge is -2.07. The van der Waals surface area contributed by atoms with Crippen molar-refractivity contribution in [3.8, 4) is 10.6 Å². The van der Waals surface area contributed by atoms with Crippen LogP contribution < -0.4 is 10.6 Å². The number of rotatable bonds is 7. The highest BCUT2D eigenvalue weighted by Crippen LogP contribution is 2.30. The summed E-state index contributed by atoms with van der Waals surface area (Å²) in [5.41, 5.74) is 5.89. The Balaban J connectivity index is 1.64. The van der Waals surface area contributed by atoms with Gasteiger partial charge in [0.2, 0.25) is 5.91 Å². The summed E-state index contributed by atoms with van der Waals surface area (Å²) >= 11 is 1.42. The van der Waals surface area contributed by atoms with Gasteiger partial charge in [-0.3, -0.25) is 9.59 Å². The van der Waals surface area contributed by atoms with Crippen molar-refractivity contribution < 1.29 is 9.59 Å². The summed E-state index contributed by atoms with van der Waals surface area (Å²) in [7, 11) is 0. The maximum atomic E-state index is 12.7. The van der Waals surface area contributed by atoms with Gasteiger partial charge in [-0.15, -0.1) is 11.3 Å². The number of amides is 2. The van der Waals surface area contributed by atoms with E-state index in [-0.39, 0.29) is 11.8 Å².